The van der Waals surface area contributed by atoms with Gasteiger partial charge in [0.05, 0.1) is 0 Å². The van der Waals surface area contributed by atoms with Crippen LogP contribution in [0.5, 0.6) is 0 Å². The number of hydrogen-bond acceptors (Lipinski definition) is 2. The van der Waals surface area contributed by atoms with Crippen molar-refractivity contribution in [1.29, 1.82) is 0 Å². The Hall–Kier alpha value is -0.370. The van der Waals surface area contributed by atoms with E-state index >= 15 is 0 Å². The van der Waals surface area contributed by atoms with Crippen LogP contribution < -0.4 is 5.73 Å². The van der Waals surface area contributed by atoms with Crippen LogP contribution in [0.15, 0.2) is 0 Å². The molecule has 1 rings (SSSR count). The first-order valence-corrected chi connectivity index (χ1v) is 6.56. The monoisotopic (exact) mass is 239 g/mol. The van der Waals surface area contributed by atoms with Gasteiger partial charge in [0, 0.05) is 12.0 Å². The normalized spacial score (nSPS) is 37.5. The van der Waals surface area contributed by atoms with Gasteiger partial charge in [0.15, 0.2) is 0 Å². The molecule has 0 bridgehead atoms. The lowest BCUT2D eigenvalue weighted by molar-refractivity contribution is -0.174. The van der Waals surface area contributed by atoms with E-state index in [4.69, 9.17) is 5.73 Å². The summed E-state index contributed by atoms with van der Waals surface area (Å²) in [5.74, 6) is 0.0276. The molecule has 1 aliphatic carbocycles. The summed E-state index contributed by atoms with van der Waals surface area (Å²) in [4.78, 5) is 11.6. The van der Waals surface area contributed by atoms with Gasteiger partial charge in [-0.1, -0.05) is 55.4 Å². The van der Waals surface area contributed by atoms with Gasteiger partial charge in [0.25, 0.3) is 0 Å². The molecule has 0 heterocycles. The van der Waals surface area contributed by atoms with E-state index in [0.717, 1.165) is 6.29 Å². The quantitative estimate of drug-likeness (QED) is 0.714. The smallest absolute Gasteiger partial charge is 0.124 e. The molecule has 0 radical (unpaired) electrons. The van der Waals surface area contributed by atoms with Crippen LogP contribution >= 0.6 is 0 Å². The Morgan fingerprint density at radius 1 is 0.765 bits per heavy atom. The predicted octanol–water partition coefficient (Wildman–Crippen LogP) is 3.25. The van der Waals surface area contributed by atoms with E-state index in [2.05, 4.69) is 55.4 Å². The summed E-state index contributed by atoms with van der Waals surface area (Å²) in [6.07, 6.45) is 1.15. The van der Waals surface area contributed by atoms with Crippen LogP contribution in [0.25, 0.3) is 0 Å². The number of hydrogen-bond donors (Lipinski definition) is 1. The average molecular weight is 239 g/mol. The molecule has 1 saturated carbocycles. The molecule has 0 amide bonds. The third-order valence-electron chi connectivity index (χ3n) is 6.57. The molecule has 0 spiro atoms. The number of carbonyl (C=O) groups excluding carboxylic acids is 1. The Bertz CT molecular complexity index is 298. The summed E-state index contributed by atoms with van der Waals surface area (Å²) < 4.78 is 0. The number of carbonyl (C=O) groups is 1. The molecule has 1 fully saturated rings. The summed E-state index contributed by atoms with van der Waals surface area (Å²) in [5, 5.41) is 0. The van der Waals surface area contributed by atoms with Crippen LogP contribution in [0.4, 0.5) is 0 Å². The highest BCUT2D eigenvalue weighted by Crippen LogP contribution is 2.64. The fourth-order valence-electron chi connectivity index (χ4n) is 3.75. The molecule has 1 aliphatic rings. The van der Waals surface area contributed by atoms with Crippen molar-refractivity contribution in [3.63, 3.8) is 0 Å². The highest BCUT2D eigenvalue weighted by Gasteiger charge is 2.64. The Kier molecular flexibility index (Phi) is 3.08. The summed E-state index contributed by atoms with van der Waals surface area (Å²) in [6.45, 7) is 17.5. The van der Waals surface area contributed by atoms with Gasteiger partial charge in [-0.15, -0.1) is 0 Å². The van der Waals surface area contributed by atoms with E-state index in [0.29, 0.717) is 0 Å². The van der Waals surface area contributed by atoms with Crippen LogP contribution in [-0.4, -0.2) is 12.3 Å². The molecule has 0 unspecified atom stereocenters. The maximum Gasteiger partial charge on any atom is 0.124 e. The molecule has 0 aromatic heterocycles. The molecule has 0 atom stereocenters. The number of rotatable bonds is 1. The molecular formula is C15H29NO. The minimum Gasteiger partial charge on any atom is -0.327 e. The van der Waals surface area contributed by atoms with Gasteiger partial charge in [-0.05, 0) is 21.7 Å². The molecular weight excluding hydrogens is 210 g/mol. The Morgan fingerprint density at radius 2 is 1.06 bits per heavy atom. The highest BCUT2D eigenvalue weighted by atomic mass is 16.1. The third-order valence-corrected chi connectivity index (χ3v) is 6.57. The zero-order valence-corrected chi connectivity index (χ0v) is 12.7. The molecule has 0 aliphatic heterocycles. The van der Waals surface area contributed by atoms with Gasteiger partial charge in [0.2, 0.25) is 0 Å². The van der Waals surface area contributed by atoms with Gasteiger partial charge in [0.1, 0.15) is 6.29 Å². The minimum atomic E-state index is -0.0901. The van der Waals surface area contributed by atoms with Gasteiger partial charge in [-0.3, -0.25) is 0 Å². The van der Waals surface area contributed by atoms with E-state index in [1.54, 1.807) is 0 Å². The zero-order chi connectivity index (χ0) is 13.9. The summed E-state index contributed by atoms with van der Waals surface area (Å²) >= 11 is 0. The van der Waals surface area contributed by atoms with Crippen molar-refractivity contribution in [3.8, 4) is 0 Å². The van der Waals surface area contributed by atoms with Crippen molar-refractivity contribution in [2.45, 2.75) is 61.4 Å². The largest absolute Gasteiger partial charge is 0.327 e. The molecule has 17 heavy (non-hydrogen) atoms. The second-order valence-electron chi connectivity index (χ2n) is 7.98. The van der Waals surface area contributed by atoms with Crippen molar-refractivity contribution in [2.75, 3.05) is 0 Å². The Labute approximate surface area is 106 Å². The van der Waals surface area contributed by atoms with Crippen molar-refractivity contribution < 1.29 is 4.79 Å². The molecule has 0 aromatic rings. The van der Waals surface area contributed by atoms with Crippen molar-refractivity contribution in [3.05, 3.63) is 0 Å². The maximum atomic E-state index is 11.6. The van der Waals surface area contributed by atoms with E-state index in [1.807, 2.05) is 0 Å². The molecule has 2 heteroatoms. The van der Waals surface area contributed by atoms with Crippen LogP contribution in [0.2, 0.25) is 0 Å². The topological polar surface area (TPSA) is 43.1 Å². The Balaban J connectivity index is 3.48. The molecule has 0 saturated heterocycles. The number of aldehydes is 1. The molecule has 2 nitrogen and oxygen atoms in total. The average Bonchev–Trinajstić information content (AvgIpc) is 2.14. The first-order chi connectivity index (χ1) is 7.35. The minimum absolute atomic E-state index is 0.0276. The van der Waals surface area contributed by atoms with E-state index in [1.165, 1.54) is 0 Å². The van der Waals surface area contributed by atoms with E-state index in [-0.39, 0.29) is 33.6 Å². The second kappa shape index (κ2) is 3.57. The highest BCUT2D eigenvalue weighted by molar-refractivity contribution is 5.58. The van der Waals surface area contributed by atoms with Crippen molar-refractivity contribution >= 4 is 6.29 Å². The lowest BCUT2D eigenvalue weighted by atomic mass is 9.39. The fourth-order valence-corrected chi connectivity index (χ4v) is 3.75. The summed E-state index contributed by atoms with van der Waals surface area (Å²) in [7, 11) is 0. The van der Waals surface area contributed by atoms with Crippen molar-refractivity contribution in [1.82, 2.24) is 0 Å². The first kappa shape index (κ1) is 14.7. The predicted molar refractivity (Wildman–Crippen MR) is 72.7 cm³/mol. The standard InChI is InChI=1S/C15H29NO/c1-12(2)10(9-17)13(3,4)15(7,8)11(16)14(12,5)6/h9-11H,16H2,1-8H3. The van der Waals surface area contributed by atoms with E-state index in [9.17, 15) is 4.79 Å². The SMILES string of the molecule is CC1(C)C(N)C(C)(C)C(C)(C)C(C=O)C1(C)C. The van der Waals surface area contributed by atoms with Crippen molar-refractivity contribution in [2.24, 2.45) is 33.3 Å². The molecule has 100 valence electrons. The van der Waals surface area contributed by atoms with E-state index < -0.39 is 0 Å². The number of nitrogens with two attached hydrogens (primary N) is 1. The molecule has 2 N–H and O–H groups in total. The first-order valence-electron chi connectivity index (χ1n) is 6.56. The second-order valence-corrected chi connectivity index (χ2v) is 7.98. The van der Waals surface area contributed by atoms with Gasteiger partial charge >= 0.3 is 0 Å². The van der Waals surface area contributed by atoms with Gasteiger partial charge in [-0.25, -0.2) is 0 Å². The van der Waals surface area contributed by atoms with Crippen LogP contribution in [-0.2, 0) is 4.79 Å². The third kappa shape index (κ3) is 1.53. The van der Waals surface area contributed by atoms with Crippen LogP contribution in [0, 0.1) is 27.6 Å². The fraction of sp³-hybridized carbons (Fsp3) is 0.933. The lowest BCUT2D eigenvalue weighted by Gasteiger charge is -2.66. The zero-order valence-electron chi connectivity index (χ0n) is 12.7. The van der Waals surface area contributed by atoms with Gasteiger partial charge < -0.3 is 10.5 Å². The molecule has 0 aromatic carbocycles. The lowest BCUT2D eigenvalue weighted by Crippen LogP contribution is -2.69. The van der Waals surface area contributed by atoms with Gasteiger partial charge in [-0.2, -0.15) is 0 Å². The van der Waals surface area contributed by atoms with Crippen LogP contribution in [0.3, 0.4) is 0 Å². The Morgan fingerprint density at radius 3 is 1.29 bits per heavy atom. The van der Waals surface area contributed by atoms with Crippen LogP contribution in [0.1, 0.15) is 55.4 Å². The summed E-state index contributed by atoms with van der Waals surface area (Å²) in [5.41, 5.74) is 6.25. The maximum absolute atomic E-state index is 11.6. The summed E-state index contributed by atoms with van der Waals surface area (Å²) in [6, 6.07) is 0.0798.